The molecule has 0 spiro atoms. The molecular formula is C10H20N2O3S2. The van der Waals surface area contributed by atoms with Crippen LogP contribution in [-0.2, 0) is 14.6 Å². The summed E-state index contributed by atoms with van der Waals surface area (Å²) in [5, 5.41) is 2.73. The van der Waals surface area contributed by atoms with Gasteiger partial charge in [-0.1, -0.05) is 0 Å². The highest BCUT2D eigenvalue weighted by Crippen LogP contribution is 2.17. The quantitative estimate of drug-likeness (QED) is 0.692. The smallest absolute Gasteiger partial charge is 0.236 e. The molecule has 17 heavy (non-hydrogen) atoms. The molecule has 0 aliphatic carbocycles. The third-order valence-corrected chi connectivity index (χ3v) is 5.34. The first-order valence-corrected chi connectivity index (χ1v) is 8.89. The van der Waals surface area contributed by atoms with Crippen LogP contribution in [0.25, 0.3) is 0 Å². The van der Waals surface area contributed by atoms with Crippen molar-refractivity contribution in [2.75, 3.05) is 30.1 Å². The Morgan fingerprint density at radius 1 is 1.59 bits per heavy atom. The molecule has 0 radical (unpaired) electrons. The van der Waals surface area contributed by atoms with E-state index in [0.717, 1.165) is 5.75 Å². The maximum absolute atomic E-state index is 11.6. The topological polar surface area (TPSA) is 89.3 Å². The molecule has 0 aromatic rings. The summed E-state index contributed by atoms with van der Waals surface area (Å²) in [6, 6.07) is -0.486. The lowest BCUT2D eigenvalue weighted by atomic mass is 10.1. The minimum absolute atomic E-state index is 0.0525. The van der Waals surface area contributed by atoms with E-state index in [1.54, 1.807) is 11.8 Å². The number of rotatable bonds is 6. The molecule has 0 aromatic carbocycles. The number of carbonyl (C=O) groups excluding carboxylic acids is 1. The second kappa shape index (κ2) is 6.61. The van der Waals surface area contributed by atoms with Crippen LogP contribution >= 0.6 is 11.8 Å². The van der Waals surface area contributed by atoms with E-state index in [0.29, 0.717) is 19.4 Å². The zero-order valence-corrected chi connectivity index (χ0v) is 11.6. The lowest BCUT2D eigenvalue weighted by Crippen LogP contribution is -2.42. The SMILES string of the molecule is CSCC[C@@H](N)C(=O)NCC1CCS(=O)(=O)C1. The zero-order valence-electron chi connectivity index (χ0n) is 10.0. The summed E-state index contributed by atoms with van der Waals surface area (Å²) in [4.78, 5) is 11.6. The minimum atomic E-state index is -2.86. The van der Waals surface area contributed by atoms with E-state index >= 15 is 0 Å². The van der Waals surface area contributed by atoms with E-state index in [4.69, 9.17) is 5.73 Å². The van der Waals surface area contributed by atoms with Gasteiger partial charge in [0, 0.05) is 6.54 Å². The Bertz CT molecular complexity index is 357. The highest BCUT2D eigenvalue weighted by Gasteiger charge is 2.28. The average Bonchev–Trinajstić information content (AvgIpc) is 2.62. The fraction of sp³-hybridized carbons (Fsp3) is 0.900. The monoisotopic (exact) mass is 280 g/mol. The zero-order chi connectivity index (χ0) is 12.9. The van der Waals surface area contributed by atoms with Gasteiger partial charge in [-0.05, 0) is 30.8 Å². The first kappa shape index (κ1) is 14.8. The Balaban J connectivity index is 2.24. The Morgan fingerprint density at radius 3 is 2.82 bits per heavy atom. The first-order valence-electron chi connectivity index (χ1n) is 5.67. The molecular weight excluding hydrogens is 260 g/mol. The summed E-state index contributed by atoms with van der Waals surface area (Å²) < 4.78 is 22.4. The van der Waals surface area contributed by atoms with Gasteiger partial charge in [-0.3, -0.25) is 4.79 Å². The van der Waals surface area contributed by atoms with Gasteiger partial charge in [0.15, 0.2) is 9.84 Å². The van der Waals surface area contributed by atoms with Crippen molar-refractivity contribution >= 4 is 27.5 Å². The molecule has 1 fully saturated rings. The van der Waals surface area contributed by atoms with Crippen LogP contribution in [0.4, 0.5) is 0 Å². The molecule has 7 heteroatoms. The summed E-state index contributed by atoms with van der Waals surface area (Å²) >= 11 is 1.65. The maximum atomic E-state index is 11.6. The first-order chi connectivity index (χ1) is 7.94. The molecule has 1 saturated heterocycles. The molecule has 1 aliphatic rings. The van der Waals surface area contributed by atoms with Crippen LogP contribution in [0.5, 0.6) is 0 Å². The number of hydrogen-bond donors (Lipinski definition) is 2. The fourth-order valence-electron chi connectivity index (χ4n) is 1.78. The van der Waals surface area contributed by atoms with Crippen LogP contribution in [0.15, 0.2) is 0 Å². The molecule has 2 atom stereocenters. The molecule has 1 amide bonds. The highest BCUT2D eigenvalue weighted by molar-refractivity contribution is 7.98. The summed E-state index contributed by atoms with van der Waals surface area (Å²) in [5.74, 6) is 1.16. The van der Waals surface area contributed by atoms with E-state index in [-0.39, 0.29) is 23.3 Å². The number of nitrogens with two attached hydrogens (primary N) is 1. The number of nitrogens with one attached hydrogen (secondary N) is 1. The van der Waals surface area contributed by atoms with E-state index in [1.807, 2.05) is 6.26 Å². The van der Waals surface area contributed by atoms with E-state index in [1.165, 1.54) is 0 Å². The highest BCUT2D eigenvalue weighted by atomic mass is 32.2. The van der Waals surface area contributed by atoms with Gasteiger partial charge in [0.25, 0.3) is 0 Å². The van der Waals surface area contributed by atoms with Crippen molar-refractivity contribution < 1.29 is 13.2 Å². The molecule has 0 aromatic heterocycles. The molecule has 1 rings (SSSR count). The number of amides is 1. The predicted octanol–water partition coefficient (Wildman–Crippen LogP) is -0.382. The second-order valence-corrected chi connectivity index (χ2v) is 7.62. The van der Waals surface area contributed by atoms with Crippen LogP contribution in [0, 0.1) is 5.92 Å². The van der Waals surface area contributed by atoms with Gasteiger partial charge >= 0.3 is 0 Å². The normalized spacial score (nSPS) is 24.5. The van der Waals surface area contributed by atoms with Crippen LogP contribution in [0.3, 0.4) is 0 Å². The lowest BCUT2D eigenvalue weighted by molar-refractivity contribution is -0.122. The van der Waals surface area contributed by atoms with Gasteiger partial charge in [0.2, 0.25) is 5.91 Å². The number of carbonyl (C=O) groups is 1. The molecule has 0 bridgehead atoms. The maximum Gasteiger partial charge on any atom is 0.236 e. The third kappa shape index (κ3) is 5.27. The molecule has 5 nitrogen and oxygen atoms in total. The minimum Gasteiger partial charge on any atom is -0.354 e. The van der Waals surface area contributed by atoms with Gasteiger partial charge in [-0.25, -0.2) is 8.42 Å². The fourth-order valence-corrected chi connectivity index (χ4v) is 4.14. The van der Waals surface area contributed by atoms with Crippen LogP contribution in [0.1, 0.15) is 12.8 Å². The van der Waals surface area contributed by atoms with E-state index in [2.05, 4.69) is 5.32 Å². The Morgan fingerprint density at radius 2 is 2.29 bits per heavy atom. The van der Waals surface area contributed by atoms with E-state index in [9.17, 15) is 13.2 Å². The van der Waals surface area contributed by atoms with Crippen molar-refractivity contribution in [2.24, 2.45) is 11.7 Å². The molecule has 1 unspecified atom stereocenters. The largest absolute Gasteiger partial charge is 0.354 e. The van der Waals surface area contributed by atoms with Crippen LogP contribution < -0.4 is 11.1 Å². The summed E-state index contributed by atoms with van der Waals surface area (Å²) in [7, 11) is -2.86. The molecule has 1 heterocycles. The standard InChI is InChI=1S/C10H20N2O3S2/c1-16-4-2-9(11)10(13)12-6-8-3-5-17(14,15)7-8/h8-9H,2-7,11H2,1H3,(H,12,13)/t8?,9-/m1/s1. The van der Waals surface area contributed by atoms with Crippen molar-refractivity contribution in [1.29, 1.82) is 0 Å². The van der Waals surface area contributed by atoms with Gasteiger partial charge < -0.3 is 11.1 Å². The number of thioether (sulfide) groups is 1. The Kier molecular flexibility index (Phi) is 5.75. The third-order valence-electron chi connectivity index (χ3n) is 2.86. The van der Waals surface area contributed by atoms with Crippen molar-refractivity contribution in [2.45, 2.75) is 18.9 Å². The molecule has 0 saturated carbocycles. The van der Waals surface area contributed by atoms with Gasteiger partial charge in [-0.15, -0.1) is 0 Å². The molecule has 3 N–H and O–H groups in total. The predicted molar refractivity (Wildman–Crippen MR) is 70.7 cm³/mol. The van der Waals surface area contributed by atoms with Crippen molar-refractivity contribution in [1.82, 2.24) is 5.32 Å². The average molecular weight is 280 g/mol. The summed E-state index contributed by atoms with van der Waals surface area (Å²) in [5.41, 5.74) is 5.70. The molecule has 1 aliphatic heterocycles. The number of sulfone groups is 1. The van der Waals surface area contributed by atoms with E-state index < -0.39 is 15.9 Å². The van der Waals surface area contributed by atoms with Crippen molar-refractivity contribution in [3.8, 4) is 0 Å². The van der Waals surface area contributed by atoms with Crippen molar-refractivity contribution in [3.63, 3.8) is 0 Å². The van der Waals surface area contributed by atoms with Crippen LogP contribution in [0.2, 0.25) is 0 Å². The van der Waals surface area contributed by atoms with Crippen molar-refractivity contribution in [3.05, 3.63) is 0 Å². The lowest BCUT2D eigenvalue weighted by Gasteiger charge is -2.13. The Hall–Kier alpha value is -0.270. The second-order valence-electron chi connectivity index (χ2n) is 4.40. The van der Waals surface area contributed by atoms with Gasteiger partial charge in [0.05, 0.1) is 17.5 Å². The van der Waals surface area contributed by atoms with Gasteiger partial charge in [-0.2, -0.15) is 11.8 Å². The number of hydrogen-bond acceptors (Lipinski definition) is 5. The Labute approximate surface area is 107 Å². The summed E-state index contributed by atoms with van der Waals surface area (Å²) in [6.07, 6.45) is 3.26. The van der Waals surface area contributed by atoms with Crippen LogP contribution in [-0.4, -0.2) is 50.4 Å². The molecule has 100 valence electrons. The summed E-state index contributed by atoms with van der Waals surface area (Å²) in [6.45, 7) is 0.422. The van der Waals surface area contributed by atoms with Gasteiger partial charge in [0.1, 0.15) is 0 Å².